The van der Waals surface area contributed by atoms with Gasteiger partial charge in [-0.3, -0.25) is 0 Å². The van der Waals surface area contributed by atoms with Crippen LogP contribution in [0.1, 0.15) is 30.7 Å². The molecule has 0 radical (unpaired) electrons. The van der Waals surface area contributed by atoms with Gasteiger partial charge >= 0.3 is 0 Å². The second kappa shape index (κ2) is 5.79. The highest BCUT2D eigenvalue weighted by molar-refractivity contribution is 5.57. The lowest BCUT2D eigenvalue weighted by atomic mass is 9.91. The van der Waals surface area contributed by atoms with Gasteiger partial charge in [0.05, 0.1) is 6.54 Å². The molecule has 0 saturated heterocycles. The number of para-hydroxylation sites is 1. The topological polar surface area (TPSA) is 71.2 Å². The zero-order valence-corrected chi connectivity index (χ0v) is 13.3. The lowest BCUT2D eigenvalue weighted by Crippen LogP contribution is -2.31. The van der Waals surface area contributed by atoms with Gasteiger partial charge in [-0.2, -0.15) is 15.0 Å². The van der Waals surface area contributed by atoms with Crippen molar-refractivity contribution in [3.63, 3.8) is 0 Å². The molecule has 0 unspecified atom stereocenters. The summed E-state index contributed by atoms with van der Waals surface area (Å²) in [6, 6.07) is 8.56. The van der Waals surface area contributed by atoms with E-state index in [4.69, 9.17) is 5.73 Å². The van der Waals surface area contributed by atoms with Crippen LogP contribution in [0.4, 0.5) is 17.6 Å². The minimum atomic E-state index is 0.271. The second-order valence-electron chi connectivity index (χ2n) is 5.97. The average Bonchev–Trinajstić information content (AvgIpc) is 2.50. The van der Waals surface area contributed by atoms with Crippen molar-refractivity contribution in [2.24, 2.45) is 0 Å². The predicted octanol–water partition coefficient (Wildman–Crippen LogP) is 2.03. The highest BCUT2D eigenvalue weighted by Crippen LogP contribution is 2.35. The van der Waals surface area contributed by atoms with Crippen LogP contribution in [-0.4, -0.2) is 35.6 Å². The summed E-state index contributed by atoms with van der Waals surface area (Å²) in [6.07, 6.45) is 1.14. The Balaban J connectivity index is 1.90. The van der Waals surface area contributed by atoms with Gasteiger partial charge in [0.15, 0.2) is 5.82 Å². The number of fused-ring (bicyclic) bond motifs is 1. The highest BCUT2D eigenvalue weighted by Gasteiger charge is 2.22. The maximum Gasteiger partial charge on any atom is 0.229 e. The van der Waals surface area contributed by atoms with Gasteiger partial charge in [-0.25, -0.2) is 0 Å². The number of nitrogen functional groups attached to an aromatic ring is 1. The third-order valence-corrected chi connectivity index (χ3v) is 4.06. The first-order valence-corrected chi connectivity index (χ1v) is 7.56. The first-order valence-electron chi connectivity index (χ1n) is 7.56. The third kappa shape index (κ3) is 2.81. The van der Waals surface area contributed by atoms with Crippen molar-refractivity contribution in [3.8, 4) is 0 Å². The van der Waals surface area contributed by atoms with Crippen LogP contribution in [-0.2, 0) is 6.54 Å². The van der Waals surface area contributed by atoms with Crippen LogP contribution in [0, 0.1) is 0 Å². The van der Waals surface area contributed by atoms with Gasteiger partial charge in [-0.1, -0.05) is 25.1 Å². The molecule has 2 heterocycles. The molecule has 1 atom stereocenters. The summed E-state index contributed by atoms with van der Waals surface area (Å²) < 4.78 is 0. The van der Waals surface area contributed by atoms with Gasteiger partial charge in [-0.15, -0.1) is 0 Å². The molecule has 0 spiro atoms. The van der Waals surface area contributed by atoms with Gasteiger partial charge in [0.2, 0.25) is 11.9 Å². The van der Waals surface area contributed by atoms with Gasteiger partial charge in [-0.05, 0) is 24.0 Å². The monoisotopic (exact) mass is 298 g/mol. The SMILES string of the molecule is C[C@H]1CCN(Cc2nc(N)nc(N(C)C)n2)c2ccccc21. The van der Waals surface area contributed by atoms with Gasteiger partial charge < -0.3 is 15.5 Å². The van der Waals surface area contributed by atoms with Crippen molar-refractivity contribution in [2.45, 2.75) is 25.8 Å². The van der Waals surface area contributed by atoms with Crippen LogP contribution < -0.4 is 15.5 Å². The van der Waals surface area contributed by atoms with E-state index in [1.807, 2.05) is 19.0 Å². The van der Waals surface area contributed by atoms with E-state index in [0.717, 1.165) is 13.0 Å². The van der Waals surface area contributed by atoms with E-state index in [0.29, 0.717) is 24.2 Å². The molecule has 0 aliphatic carbocycles. The Hall–Kier alpha value is -2.37. The molecule has 2 aromatic rings. The molecule has 1 aliphatic heterocycles. The third-order valence-electron chi connectivity index (χ3n) is 4.06. The van der Waals surface area contributed by atoms with E-state index in [1.165, 1.54) is 11.3 Å². The molecule has 6 nitrogen and oxygen atoms in total. The number of anilines is 3. The lowest BCUT2D eigenvalue weighted by molar-refractivity contribution is 0.601. The molecule has 0 fully saturated rings. The largest absolute Gasteiger partial charge is 0.368 e. The molecular weight excluding hydrogens is 276 g/mol. The van der Waals surface area contributed by atoms with Crippen LogP contribution in [0.3, 0.4) is 0 Å². The Labute approximate surface area is 131 Å². The number of aromatic nitrogens is 3. The van der Waals surface area contributed by atoms with Crippen molar-refractivity contribution in [3.05, 3.63) is 35.7 Å². The first kappa shape index (κ1) is 14.6. The zero-order chi connectivity index (χ0) is 15.7. The number of benzene rings is 1. The van der Waals surface area contributed by atoms with E-state index >= 15 is 0 Å². The van der Waals surface area contributed by atoms with E-state index in [-0.39, 0.29) is 5.95 Å². The molecule has 22 heavy (non-hydrogen) atoms. The first-order chi connectivity index (χ1) is 10.5. The number of nitrogens with zero attached hydrogens (tertiary/aromatic N) is 5. The fourth-order valence-electron chi connectivity index (χ4n) is 2.85. The van der Waals surface area contributed by atoms with Crippen molar-refractivity contribution in [1.82, 2.24) is 15.0 Å². The maximum absolute atomic E-state index is 5.81. The van der Waals surface area contributed by atoms with Crippen LogP contribution in [0.5, 0.6) is 0 Å². The highest BCUT2D eigenvalue weighted by atomic mass is 15.3. The van der Waals surface area contributed by atoms with Crippen molar-refractivity contribution < 1.29 is 0 Å². The minimum Gasteiger partial charge on any atom is -0.368 e. The van der Waals surface area contributed by atoms with E-state index in [2.05, 4.69) is 51.0 Å². The maximum atomic E-state index is 5.81. The van der Waals surface area contributed by atoms with Crippen LogP contribution >= 0.6 is 0 Å². The fourth-order valence-corrected chi connectivity index (χ4v) is 2.85. The van der Waals surface area contributed by atoms with E-state index in [9.17, 15) is 0 Å². The average molecular weight is 298 g/mol. The molecule has 0 saturated carbocycles. The molecule has 0 bridgehead atoms. The van der Waals surface area contributed by atoms with Crippen molar-refractivity contribution >= 4 is 17.6 Å². The molecule has 3 rings (SSSR count). The summed E-state index contributed by atoms with van der Waals surface area (Å²) in [7, 11) is 3.80. The Morgan fingerprint density at radius 3 is 2.77 bits per heavy atom. The number of nitrogens with two attached hydrogens (primary N) is 1. The summed E-state index contributed by atoms with van der Waals surface area (Å²) in [4.78, 5) is 17.1. The molecule has 1 aromatic carbocycles. The zero-order valence-electron chi connectivity index (χ0n) is 13.3. The molecule has 116 valence electrons. The number of rotatable bonds is 3. The number of hydrogen-bond donors (Lipinski definition) is 1. The normalized spacial score (nSPS) is 17.2. The summed E-state index contributed by atoms with van der Waals surface area (Å²) in [6.45, 7) is 3.93. The lowest BCUT2D eigenvalue weighted by Gasteiger charge is -2.34. The Morgan fingerprint density at radius 1 is 1.23 bits per heavy atom. The summed E-state index contributed by atoms with van der Waals surface area (Å²) in [5.74, 6) is 2.17. The Bertz CT molecular complexity index is 669. The van der Waals surface area contributed by atoms with E-state index in [1.54, 1.807) is 0 Å². The molecule has 1 aromatic heterocycles. The molecule has 6 heteroatoms. The quantitative estimate of drug-likeness (QED) is 0.935. The summed E-state index contributed by atoms with van der Waals surface area (Å²) in [5, 5.41) is 0. The predicted molar refractivity (Wildman–Crippen MR) is 89.1 cm³/mol. The Kier molecular flexibility index (Phi) is 3.83. The smallest absolute Gasteiger partial charge is 0.229 e. The second-order valence-corrected chi connectivity index (χ2v) is 5.97. The summed E-state index contributed by atoms with van der Waals surface area (Å²) >= 11 is 0. The summed E-state index contributed by atoms with van der Waals surface area (Å²) in [5.41, 5.74) is 8.47. The van der Waals surface area contributed by atoms with Crippen molar-refractivity contribution in [2.75, 3.05) is 36.2 Å². The van der Waals surface area contributed by atoms with Gasteiger partial charge in [0.25, 0.3) is 0 Å². The molecule has 2 N–H and O–H groups in total. The number of hydrogen-bond acceptors (Lipinski definition) is 6. The molecule has 1 aliphatic rings. The Morgan fingerprint density at radius 2 is 2.00 bits per heavy atom. The standard InChI is InChI=1S/C16H22N6/c1-11-8-9-22(13-7-5-4-6-12(11)13)10-14-18-15(17)20-16(19-14)21(2)3/h4-7,11H,8-10H2,1-3H3,(H2,17,18,19,20)/t11-/m0/s1. The van der Waals surface area contributed by atoms with Crippen molar-refractivity contribution in [1.29, 1.82) is 0 Å². The minimum absolute atomic E-state index is 0.271. The molecule has 0 amide bonds. The van der Waals surface area contributed by atoms with Gasteiger partial charge in [0, 0.05) is 26.3 Å². The van der Waals surface area contributed by atoms with E-state index < -0.39 is 0 Å². The van der Waals surface area contributed by atoms with Gasteiger partial charge in [0.1, 0.15) is 0 Å². The van der Waals surface area contributed by atoms with Crippen LogP contribution in [0.15, 0.2) is 24.3 Å². The molecular formula is C16H22N6. The fraction of sp³-hybridized carbons (Fsp3) is 0.438. The van der Waals surface area contributed by atoms with Crippen LogP contribution in [0.25, 0.3) is 0 Å². The van der Waals surface area contributed by atoms with Crippen LogP contribution in [0.2, 0.25) is 0 Å².